The average Bonchev–Trinajstić information content (AvgIpc) is 2.96. The monoisotopic (exact) mass is 426 g/mol. The van der Waals surface area contributed by atoms with Gasteiger partial charge in [-0.25, -0.2) is 0 Å². The third-order valence-electron chi connectivity index (χ3n) is 4.47. The Morgan fingerprint density at radius 2 is 2.10 bits per heavy atom. The van der Waals surface area contributed by atoms with Gasteiger partial charge in [-0.1, -0.05) is 13.8 Å². The van der Waals surface area contributed by atoms with Gasteiger partial charge in [0.25, 0.3) is 0 Å². The molecule has 0 aromatic rings. The Morgan fingerprint density at radius 3 is 2.71 bits per heavy atom. The Hall–Kier alpha value is 0.310. The molecule has 2 fully saturated rings. The fourth-order valence-corrected chi connectivity index (χ4v) is 4.27. The van der Waals surface area contributed by atoms with Crippen molar-refractivity contribution in [2.24, 2.45) is 10.9 Å². The molecule has 2 heterocycles. The van der Waals surface area contributed by atoms with Gasteiger partial charge >= 0.3 is 0 Å². The number of likely N-dealkylation sites (tertiary alicyclic amines) is 1. The largest absolute Gasteiger partial charge is 0.356 e. The van der Waals surface area contributed by atoms with Gasteiger partial charge in [-0.05, 0) is 31.8 Å². The molecule has 2 unspecified atom stereocenters. The Kier molecular flexibility index (Phi) is 9.36. The van der Waals surface area contributed by atoms with Gasteiger partial charge in [0.15, 0.2) is 5.96 Å². The lowest BCUT2D eigenvalue weighted by Crippen LogP contribution is -2.49. The zero-order chi connectivity index (χ0) is 14.4. The molecule has 0 aliphatic carbocycles. The molecule has 0 amide bonds. The summed E-state index contributed by atoms with van der Waals surface area (Å²) >= 11 is 2.11. The fraction of sp³-hybridized carbons (Fsp3) is 0.933. The standard InChI is InChI=1S/C15H30N4S.HI/c1-4-14-12-19(8-9-20-14)15(16-3)17-10-13-6-7-18(5-2)11-13;/h13-14H,4-12H2,1-3H3,(H,16,17);1H. The molecule has 0 bridgehead atoms. The van der Waals surface area contributed by atoms with E-state index in [1.54, 1.807) is 0 Å². The quantitative estimate of drug-likeness (QED) is 0.425. The van der Waals surface area contributed by atoms with Crippen LogP contribution < -0.4 is 5.32 Å². The van der Waals surface area contributed by atoms with Crippen LogP contribution in [0.25, 0.3) is 0 Å². The number of aliphatic imine (C=N–C) groups is 1. The van der Waals surface area contributed by atoms with Crippen molar-refractivity contribution in [3.8, 4) is 0 Å². The summed E-state index contributed by atoms with van der Waals surface area (Å²) in [5.41, 5.74) is 0. The number of nitrogens with zero attached hydrogens (tertiary/aromatic N) is 3. The summed E-state index contributed by atoms with van der Waals surface area (Å²) in [4.78, 5) is 9.47. The molecule has 0 radical (unpaired) electrons. The van der Waals surface area contributed by atoms with E-state index < -0.39 is 0 Å². The molecule has 6 heteroatoms. The van der Waals surface area contributed by atoms with E-state index in [2.05, 4.69) is 45.7 Å². The van der Waals surface area contributed by atoms with Crippen molar-refractivity contribution in [1.82, 2.24) is 15.1 Å². The van der Waals surface area contributed by atoms with Crippen molar-refractivity contribution in [2.45, 2.75) is 31.9 Å². The summed E-state index contributed by atoms with van der Waals surface area (Å²) in [6.45, 7) is 11.6. The average molecular weight is 426 g/mol. The lowest BCUT2D eigenvalue weighted by molar-refractivity contribution is 0.339. The van der Waals surface area contributed by atoms with Crippen molar-refractivity contribution >= 4 is 41.7 Å². The number of hydrogen-bond donors (Lipinski definition) is 1. The number of guanidine groups is 1. The minimum atomic E-state index is 0. The lowest BCUT2D eigenvalue weighted by atomic mass is 10.1. The third-order valence-corrected chi connectivity index (χ3v) is 5.84. The first-order chi connectivity index (χ1) is 9.76. The normalized spacial score (nSPS) is 27.6. The second-order valence-electron chi connectivity index (χ2n) is 5.82. The molecule has 2 saturated heterocycles. The van der Waals surface area contributed by atoms with Gasteiger partial charge < -0.3 is 15.1 Å². The maximum Gasteiger partial charge on any atom is 0.193 e. The van der Waals surface area contributed by atoms with E-state index in [4.69, 9.17) is 0 Å². The van der Waals surface area contributed by atoms with Crippen LogP contribution >= 0.6 is 35.7 Å². The lowest BCUT2D eigenvalue weighted by Gasteiger charge is -2.34. The Bertz CT molecular complexity index is 327. The van der Waals surface area contributed by atoms with Crippen LogP contribution in [0, 0.1) is 5.92 Å². The Balaban J connectivity index is 0.00000220. The maximum atomic E-state index is 4.49. The summed E-state index contributed by atoms with van der Waals surface area (Å²) in [6.07, 6.45) is 2.58. The molecule has 0 saturated carbocycles. The summed E-state index contributed by atoms with van der Waals surface area (Å²) in [6, 6.07) is 0. The number of rotatable bonds is 4. The molecule has 0 aromatic carbocycles. The first-order valence-corrected chi connectivity index (χ1v) is 9.11. The van der Waals surface area contributed by atoms with Gasteiger partial charge in [0.05, 0.1) is 0 Å². The smallest absolute Gasteiger partial charge is 0.193 e. The molecule has 4 nitrogen and oxygen atoms in total. The molecule has 2 rings (SSSR count). The molecule has 2 atom stereocenters. The minimum absolute atomic E-state index is 0. The van der Waals surface area contributed by atoms with Gasteiger partial charge in [-0.15, -0.1) is 24.0 Å². The van der Waals surface area contributed by atoms with E-state index in [1.165, 1.54) is 38.2 Å². The predicted molar refractivity (Wildman–Crippen MR) is 105 cm³/mol. The van der Waals surface area contributed by atoms with Crippen molar-refractivity contribution < 1.29 is 0 Å². The van der Waals surface area contributed by atoms with Crippen LogP contribution in [0.1, 0.15) is 26.7 Å². The van der Waals surface area contributed by atoms with E-state index in [-0.39, 0.29) is 24.0 Å². The summed E-state index contributed by atoms with van der Waals surface area (Å²) in [5, 5.41) is 4.38. The molecule has 1 N–H and O–H groups in total. The van der Waals surface area contributed by atoms with Crippen LogP contribution in [0.5, 0.6) is 0 Å². The van der Waals surface area contributed by atoms with Gasteiger partial charge in [0.2, 0.25) is 0 Å². The highest BCUT2D eigenvalue weighted by molar-refractivity contribution is 14.0. The van der Waals surface area contributed by atoms with E-state index >= 15 is 0 Å². The van der Waals surface area contributed by atoms with E-state index in [0.29, 0.717) is 0 Å². The number of halogens is 1. The molecule has 2 aliphatic rings. The second kappa shape index (κ2) is 10.2. The topological polar surface area (TPSA) is 30.9 Å². The van der Waals surface area contributed by atoms with Crippen molar-refractivity contribution in [2.75, 3.05) is 52.1 Å². The van der Waals surface area contributed by atoms with E-state index in [9.17, 15) is 0 Å². The zero-order valence-corrected chi connectivity index (χ0v) is 16.8. The molecular weight excluding hydrogens is 395 g/mol. The summed E-state index contributed by atoms with van der Waals surface area (Å²) in [7, 11) is 1.91. The van der Waals surface area contributed by atoms with Crippen LogP contribution in [0.3, 0.4) is 0 Å². The number of nitrogens with one attached hydrogen (secondary N) is 1. The predicted octanol–water partition coefficient (Wildman–Crippen LogP) is 2.35. The first kappa shape index (κ1) is 19.4. The number of thioether (sulfide) groups is 1. The molecule has 0 spiro atoms. The van der Waals surface area contributed by atoms with Crippen LogP contribution in [-0.4, -0.2) is 73.1 Å². The van der Waals surface area contributed by atoms with Gasteiger partial charge in [-0.2, -0.15) is 11.8 Å². The van der Waals surface area contributed by atoms with Crippen LogP contribution in [-0.2, 0) is 0 Å². The van der Waals surface area contributed by atoms with Crippen molar-refractivity contribution in [1.29, 1.82) is 0 Å². The van der Waals surface area contributed by atoms with Crippen molar-refractivity contribution in [3.63, 3.8) is 0 Å². The van der Waals surface area contributed by atoms with Crippen LogP contribution in [0.4, 0.5) is 0 Å². The van der Waals surface area contributed by atoms with E-state index in [1.807, 2.05) is 7.05 Å². The molecule has 0 aromatic heterocycles. The van der Waals surface area contributed by atoms with Crippen molar-refractivity contribution in [3.05, 3.63) is 0 Å². The highest BCUT2D eigenvalue weighted by Crippen LogP contribution is 2.21. The van der Waals surface area contributed by atoms with Gasteiger partial charge in [-0.3, -0.25) is 4.99 Å². The fourth-order valence-electron chi connectivity index (χ4n) is 3.09. The third kappa shape index (κ3) is 5.78. The summed E-state index contributed by atoms with van der Waals surface area (Å²) < 4.78 is 0. The molecular formula is C15H31IN4S. The molecule has 21 heavy (non-hydrogen) atoms. The number of hydrogen-bond acceptors (Lipinski definition) is 3. The van der Waals surface area contributed by atoms with Gasteiger partial charge in [0.1, 0.15) is 0 Å². The minimum Gasteiger partial charge on any atom is -0.356 e. The Morgan fingerprint density at radius 1 is 1.29 bits per heavy atom. The zero-order valence-electron chi connectivity index (χ0n) is 13.7. The SMILES string of the molecule is CCC1CN(C(=NC)NCC2CCN(CC)C2)CCS1.I. The highest BCUT2D eigenvalue weighted by atomic mass is 127. The van der Waals surface area contributed by atoms with Gasteiger partial charge in [0, 0.05) is 44.2 Å². The van der Waals surface area contributed by atoms with Crippen LogP contribution in [0.2, 0.25) is 0 Å². The van der Waals surface area contributed by atoms with E-state index in [0.717, 1.165) is 36.8 Å². The first-order valence-electron chi connectivity index (χ1n) is 8.06. The Labute approximate surface area is 151 Å². The summed E-state index contributed by atoms with van der Waals surface area (Å²) in [5.74, 6) is 3.12. The van der Waals surface area contributed by atoms with Crippen LogP contribution in [0.15, 0.2) is 4.99 Å². The molecule has 2 aliphatic heterocycles. The molecule has 124 valence electrons. The highest BCUT2D eigenvalue weighted by Gasteiger charge is 2.24. The second-order valence-corrected chi connectivity index (χ2v) is 7.23. The maximum absolute atomic E-state index is 4.49.